The van der Waals surface area contributed by atoms with Crippen LogP contribution in [0.25, 0.3) is 5.65 Å². The van der Waals surface area contributed by atoms with Crippen LogP contribution < -0.4 is 11.4 Å². The number of ketones is 1. The number of imidazole rings is 1. The van der Waals surface area contributed by atoms with Gasteiger partial charge in [0, 0.05) is 7.05 Å². The summed E-state index contributed by atoms with van der Waals surface area (Å²) in [6.07, 6.45) is 1.30. The van der Waals surface area contributed by atoms with Crippen molar-refractivity contribution in [3.63, 3.8) is 0 Å². The molecule has 9 nitrogen and oxygen atoms in total. The van der Waals surface area contributed by atoms with Gasteiger partial charge in [-0.25, -0.2) is 14.2 Å². The zero-order valence-corrected chi connectivity index (χ0v) is 12.3. The molecular weight excluding hydrogens is 306 g/mol. The van der Waals surface area contributed by atoms with Gasteiger partial charge >= 0.3 is 5.69 Å². The molecule has 0 saturated carbocycles. The summed E-state index contributed by atoms with van der Waals surface area (Å²) in [5, 5.41) is 9.36. The summed E-state index contributed by atoms with van der Waals surface area (Å²) in [7, 11) is 1.48. The van der Waals surface area contributed by atoms with Gasteiger partial charge in [0.25, 0.3) is 0 Å². The number of carbonyl (C=O) groups excluding carboxylic acids is 1. The number of aliphatic imine (C=N–C) groups is 1. The van der Waals surface area contributed by atoms with Crippen molar-refractivity contribution in [2.24, 2.45) is 17.8 Å². The lowest BCUT2D eigenvalue weighted by Gasteiger charge is -1.99. The van der Waals surface area contributed by atoms with Crippen LogP contribution in [0.4, 0.5) is 0 Å². The highest BCUT2D eigenvalue weighted by molar-refractivity contribution is 7.12. The predicted octanol–water partition coefficient (Wildman–Crippen LogP) is -0.527. The quantitative estimate of drug-likeness (QED) is 0.392. The van der Waals surface area contributed by atoms with Crippen molar-refractivity contribution in [3.8, 4) is 0 Å². The number of nitrogens with two attached hydrogens (primary N) is 1. The normalized spacial score (nSPS) is 12.0. The molecule has 0 amide bonds. The minimum Gasteiger partial charge on any atom is -0.382 e. The Hall–Kier alpha value is -2.88. The minimum absolute atomic E-state index is 0.0370. The Morgan fingerprint density at radius 1 is 1.50 bits per heavy atom. The second-order valence-corrected chi connectivity index (χ2v) is 5.33. The molecule has 0 saturated heterocycles. The number of hydrogen-bond acceptors (Lipinski definition) is 7. The van der Waals surface area contributed by atoms with Gasteiger partial charge in [0.05, 0.1) is 4.88 Å². The number of nitrogens with zero attached hydrogens (tertiary/aromatic N) is 6. The number of rotatable bonds is 4. The molecular formula is C12H11N7O2S. The first-order valence-corrected chi connectivity index (χ1v) is 7.10. The molecule has 0 fully saturated rings. The first kappa shape index (κ1) is 14.1. The van der Waals surface area contributed by atoms with Crippen LogP contribution in [0, 0.1) is 0 Å². The van der Waals surface area contributed by atoms with E-state index in [1.807, 2.05) is 5.38 Å². The highest BCUT2D eigenvalue weighted by Gasteiger charge is 2.14. The third-order valence-corrected chi connectivity index (χ3v) is 3.84. The van der Waals surface area contributed by atoms with Gasteiger partial charge in [0.2, 0.25) is 0 Å². The molecule has 22 heavy (non-hydrogen) atoms. The van der Waals surface area contributed by atoms with Crippen molar-refractivity contribution in [2.75, 3.05) is 6.54 Å². The molecule has 0 aromatic carbocycles. The van der Waals surface area contributed by atoms with E-state index in [-0.39, 0.29) is 29.5 Å². The number of Topliss-reactive ketones (excluding diaryl/α,β-unsaturated/α-hetero) is 1. The van der Waals surface area contributed by atoms with Crippen molar-refractivity contribution in [2.45, 2.75) is 0 Å². The number of thiophene rings is 1. The van der Waals surface area contributed by atoms with Gasteiger partial charge in [0.15, 0.2) is 17.1 Å². The van der Waals surface area contributed by atoms with Gasteiger partial charge in [-0.2, -0.15) is 4.68 Å². The molecule has 0 unspecified atom stereocenters. The van der Waals surface area contributed by atoms with E-state index in [4.69, 9.17) is 5.73 Å². The van der Waals surface area contributed by atoms with Crippen LogP contribution in [0.2, 0.25) is 0 Å². The van der Waals surface area contributed by atoms with E-state index < -0.39 is 5.69 Å². The highest BCUT2D eigenvalue weighted by Crippen LogP contribution is 2.09. The number of carbonyl (C=O) groups is 1. The van der Waals surface area contributed by atoms with Crippen molar-refractivity contribution in [1.82, 2.24) is 24.4 Å². The predicted molar refractivity (Wildman–Crippen MR) is 80.3 cm³/mol. The molecule has 10 heteroatoms. The Balaban J connectivity index is 1.91. The topological polar surface area (TPSA) is 121 Å². The molecule has 2 N–H and O–H groups in total. The Labute approximate surface area is 127 Å². The maximum absolute atomic E-state index is 11.9. The zero-order valence-electron chi connectivity index (χ0n) is 11.5. The average molecular weight is 317 g/mol. The van der Waals surface area contributed by atoms with E-state index in [1.54, 1.807) is 12.1 Å². The lowest BCUT2D eigenvalue weighted by molar-refractivity contribution is 0.101. The molecule has 3 aromatic heterocycles. The SMILES string of the molecule is Cn1nnc2c(C(N)=NCC(=O)c3cccs3)ncn2c1=O. The maximum atomic E-state index is 11.9. The van der Waals surface area contributed by atoms with Crippen LogP contribution >= 0.6 is 11.3 Å². The largest absolute Gasteiger partial charge is 0.382 e. The summed E-state index contributed by atoms with van der Waals surface area (Å²) in [4.78, 5) is 32.4. The van der Waals surface area contributed by atoms with Gasteiger partial charge in [0.1, 0.15) is 18.7 Å². The second kappa shape index (κ2) is 5.48. The number of aromatic nitrogens is 5. The summed E-state index contributed by atoms with van der Waals surface area (Å²) in [5.74, 6) is -0.0987. The van der Waals surface area contributed by atoms with Gasteiger partial charge in [-0.05, 0) is 11.4 Å². The lowest BCUT2D eigenvalue weighted by atomic mass is 10.3. The number of hydrogen-bond donors (Lipinski definition) is 1. The van der Waals surface area contributed by atoms with Crippen LogP contribution in [0.5, 0.6) is 0 Å². The van der Waals surface area contributed by atoms with Crippen LogP contribution in [0.1, 0.15) is 15.4 Å². The third-order valence-electron chi connectivity index (χ3n) is 2.93. The standard InChI is InChI=1S/C12H11N7O2S/c1-18-12(21)19-6-15-9(11(19)16-17-18)10(13)14-5-7(20)8-3-2-4-22-8/h2-4,6H,5H2,1H3,(H2,13,14). The Morgan fingerprint density at radius 3 is 3.05 bits per heavy atom. The minimum atomic E-state index is -0.397. The average Bonchev–Trinajstić information content (AvgIpc) is 3.17. The van der Waals surface area contributed by atoms with Gasteiger partial charge in [-0.1, -0.05) is 11.3 Å². The molecule has 3 aromatic rings. The van der Waals surface area contributed by atoms with Crippen molar-refractivity contribution in [3.05, 3.63) is 44.9 Å². The Kier molecular flexibility index (Phi) is 3.51. The number of aryl methyl sites for hydroxylation is 1. The van der Waals surface area contributed by atoms with E-state index in [9.17, 15) is 9.59 Å². The van der Waals surface area contributed by atoms with Crippen molar-refractivity contribution < 1.29 is 4.79 Å². The van der Waals surface area contributed by atoms with Crippen LogP contribution in [-0.4, -0.2) is 42.5 Å². The fourth-order valence-corrected chi connectivity index (χ4v) is 2.47. The van der Waals surface area contributed by atoms with Gasteiger partial charge in [-0.15, -0.1) is 16.4 Å². The first-order valence-electron chi connectivity index (χ1n) is 6.22. The highest BCUT2D eigenvalue weighted by atomic mass is 32.1. The Morgan fingerprint density at radius 2 is 2.32 bits per heavy atom. The molecule has 0 aliphatic rings. The summed E-state index contributed by atoms with van der Waals surface area (Å²) in [5.41, 5.74) is 5.87. The molecule has 3 heterocycles. The van der Waals surface area contributed by atoms with Gasteiger partial charge in [-0.3, -0.25) is 9.79 Å². The molecule has 0 bridgehead atoms. The Bertz CT molecular complexity index is 923. The molecule has 0 atom stereocenters. The number of amidine groups is 1. The lowest BCUT2D eigenvalue weighted by Crippen LogP contribution is -2.27. The van der Waals surface area contributed by atoms with Crippen LogP contribution in [-0.2, 0) is 7.05 Å². The zero-order chi connectivity index (χ0) is 15.7. The summed E-state index contributed by atoms with van der Waals surface area (Å²) in [6, 6.07) is 3.51. The smallest absolute Gasteiger partial charge is 0.352 e. The van der Waals surface area contributed by atoms with Crippen molar-refractivity contribution in [1.29, 1.82) is 0 Å². The number of fused-ring (bicyclic) bond motifs is 1. The molecule has 0 radical (unpaired) electrons. The van der Waals surface area contributed by atoms with Gasteiger partial charge < -0.3 is 5.73 Å². The molecule has 0 spiro atoms. The van der Waals surface area contributed by atoms with Crippen LogP contribution in [0.15, 0.2) is 33.6 Å². The summed E-state index contributed by atoms with van der Waals surface area (Å²) < 4.78 is 2.29. The second-order valence-electron chi connectivity index (χ2n) is 4.38. The summed E-state index contributed by atoms with van der Waals surface area (Å²) in [6.45, 7) is -0.0936. The first-order chi connectivity index (χ1) is 10.6. The fraction of sp³-hybridized carbons (Fsp3) is 0.167. The molecule has 0 aliphatic heterocycles. The van der Waals surface area contributed by atoms with Crippen LogP contribution in [0.3, 0.4) is 0 Å². The van der Waals surface area contributed by atoms with E-state index >= 15 is 0 Å². The van der Waals surface area contributed by atoms with E-state index in [0.29, 0.717) is 4.88 Å². The maximum Gasteiger partial charge on any atom is 0.352 e. The van der Waals surface area contributed by atoms with E-state index in [1.165, 1.54) is 29.1 Å². The molecule has 0 aliphatic carbocycles. The third kappa shape index (κ3) is 2.39. The van der Waals surface area contributed by atoms with E-state index in [0.717, 1.165) is 4.68 Å². The van der Waals surface area contributed by atoms with Crippen molar-refractivity contribution >= 4 is 28.6 Å². The van der Waals surface area contributed by atoms with E-state index in [2.05, 4.69) is 20.3 Å². The molecule has 3 rings (SSSR count). The monoisotopic (exact) mass is 317 g/mol. The fourth-order valence-electron chi connectivity index (χ4n) is 1.81. The summed E-state index contributed by atoms with van der Waals surface area (Å²) >= 11 is 1.34. The molecule has 112 valence electrons.